The molecule has 1 heterocycles. The molecule has 0 radical (unpaired) electrons. The maximum absolute atomic E-state index is 12.0. The average molecular weight is 277 g/mol. The summed E-state index contributed by atoms with van der Waals surface area (Å²) in [5.74, 6) is 0. The van der Waals surface area contributed by atoms with E-state index in [1.54, 1.807) is 0 Å². The van der Waals surface area contributed by atoms with Gasteiger partial charge in [0.2, 0.25) is 0 Å². The Hall–Kier alpha value is -1.88. The molecule has 0 spiro atoms. The SMILES string of the molecule is C[C@@H](c1ccccc1)n1ccc(S(C)(=O)=O)cc1=O. The van der Waals surface area contributed by atoms with E-state index in [9.17, 15) is 13.2 Å². The molecule has 2 aromatic rings. The fourth-order valence-electron chi connectivity index (χ4n) is 1.91. The number of sulfone groups is 1. The van der Waals surface area contributed by atoms with Crippen LogP contribution < -0.4 is 5.56 Å². The van der Waals surface area contributed by atoms with E-state index in [4.69, 9.17) is 0 Å². The molecule has 0 aliphatic rings. The molecular weight excluding hydrogens is 262 g/mol. The Morgan fingerprint density at radius 2 is 1.74 bits per heavy atom. The standard InChI is InChI=1S/C14H15NO3S/c1-11(12-6-4-3-5-7-12)15-9-8-13(10-14(15)16)19(2,17)18/h3-11H,1-2H3/t11-/m0/s1. The summed E-state index contributed by atoms with van der Waals surface area (Å²) in [4.78, 5) is 12.0. The van der Waals surface area contributed by atoms with Crippen LogP contribution in [0.15, 0.2) is 58.4 Å². The van der Waals surface area contributed by atoms with Gasteiger partial charge in [-0.2, -0.15) is 0 Å². The van der Waals surface area contributed by atoms with E-state index >= 15 is 0 Å². The van der Waals surface area contributed by atoms with Crippen LogP contribution in [0, 0.1) is 0 Å². The van der Waals surface area contributed by atoms with Crippen molar-refractivity contribution in [1.82, 2.24) is 4.57 Å². The molecule has 0 unspecified atom stereocenters. The molecule has 4 nitrogen and oxygen atoms in total. The second-order valence-corrected chi connectivity index (χ2v) is 6.48. The van der Waals surface area contributed by atoms with Crippen molar-refractivity contribution in [2.24, 2.45) is 0 Å². The second-order valence-electron chi connectivity index (χ2n) is 4.47. The van der Waals surface area contributed by atoms with Gasteiger partial charge in [0.05, 0.1) is 10.9 Å². The lowest BCUT2D eigenvalue weighted by molar-refractivity contribution is 0.594. The van der Waals surface area contributed by atoms with E-state index in [0.717, 1.165) is 17.9 Å². The van der Waals surface area contributed by atoms with Gasteiger partial charge in [0, 0.05) is 18.5 Å². The van der Waals surface area contributed by atoms with Crippen LogP contribution in [0.4, 0.5) is 0 Å². The lowest BCUT2D eigenvalue weighted by Crippen LogP contribution is -2.23. The number of aromatic nitrogens is 1. The molecule has 0 N–H and O–H groups in total. The van der Waals surface area contributed by atoms with Gasteiger partial charge >= 0.3 is 0 Å². The van der Waals surface area contributed by atoms with Crippen molar-refractivity contribution in [3.63, 3.8) is 0 Å². The zero-order valence-electron chi connectivity index (χ0n) is 10.8. The van der Waals surface area contributed by atoms with E-state index in [2.05, 4.69) is 0 Å². The summed E-state index contributed by atoms with van der Waals surface area (Å²) in [5, 5.41) is 0. The molecule has 0 saturated heterocycles. The molecule has 19 heavy (non-hydrogen) atoms. The third kappa shape index (κ3) is 2.93. The topological polar surface area (TPSA) is 56.1 Å². The van der Waals surface area contributed by atoms with Gasteiger partial charge < -0.3 is 4.57 Å². The Morgan fingerprint density at radius 3 is 2.26 bits per heavy atom. The normalized spacial score (nSPS) is 13.2. The highest BCUT2D eigenvalue weighted by Crippen LogP contribution is 2.16. The molecule has 1 aromatic carbocycles. The largest absolute Gasteiger partial charge is 0.308 e. The first-order chi connectivity index (χ1) is 8.89. The van der Waals surface area contributed by atoms with Gasteiger partial charge in [0.25, 0.3) is 5.56 Å². The minimum atomic E-state index is -3.35. The highest BCUT2D eigenvalue weighted by atomic mass is 32.2. The summed E-state index contributed by atoms with van der Waals surface area (Å²) in [6.45, 7) is 1.90. The van der Waals surface area contributed by atoms with Gasteiger partial charge in [-0.15, -0.1) is 0 Å². The van der Waals surface area contributed by atoms with Crippen LogP contribution in [-0.2, 0) is 9.84 Å². The van der Waals surface area contributed by atoms with Crippen molar-refractivity contribution in [3.8, 4) is 0 Å². The van der Waals surface area contributed by atoms with Gasteiger partial charge in [-0.3, -0.25) is 4.79 Å². The molecule has 0 aliphatic carbocycles. The lowest BCUT2D eigenvalue weighted by Gasteiger charge is -2.15. The maximum atomic E-state index is 12.0. The number of pyridine rings is 1. The molecule has 1 atom stereocenters. The molecule has 100 valence electrons. The Kier molecular flexibility index (Phi) is 3.57. The van der Waals surface area contributed by atoms with Crippen molar-refractivity contribution in [2.75, 3.05) is 6.26 Å². The molecule has 0 amide bonds. The van der Waals surface area contributed by atoms with Gasteiger partial charge in [-0.1, -0.05) is 30.3 Å². The smallest absolute Gasteiger partial charge is 0.252 e. The van der Waals surface area contributed by atoms with Gasteiger partial charge in [0.15, 0.2) is 9.84 Å². The summed E-state index contributed by atoms with van der Waals surface area (Å²) >= 11 is 0. The molecule has 2 rings (SSSR count). The van der Waals surface area contributed by atoms with Crippen LogP contribution in [0.2, 0.25) is 0 Å². The molecule has 1 aromatic heterocycles. The minimum Gasteiger partial charge on any atom is -0.308 e. The zero-order valence-corrected chi connectivity index (χ0v) is 11.6. The van der Waals surface area contributed by atoms with E-state index in [1.807, 2.05) is 37.3 Å². The lowest BCUT2D eigenvalue weighted by atomic mass is 10.1. The Morgan fingerprint density at radius 1 is 1.11 bits per heavy atom. The molecule has 0 fully saturated rings. The fourth-order valence-corrected chi connectivity index (χ4v) is 2.54. The highest BCUT2D eigenvalue weighted by Gasteiger charge is 2.12. The number of nitrogens with zero attached hydrogens (tertiary/aromatic N) is 1. The molecule has 5 heteroatoms. The summed E-state index contributed by atoms with van der Waals surface area (Å²) in [7, 11) is -3.35. The van der Waals surface area contributed by atoms with Crippen molar-refractivity contribution < 1.29 is 8.42 Å². The van der Waals surface area contributed by atoms with Crippen LogP contribution in [0.5, 0.6) is 0 Å². The van der Waals surface area contributed by atoms with E-state index in [1.165, 1.54) is 16.8 Å². The predicted molar refractivity (Wildman–Crippen MR) is 74.1 cm³/mol. The van der Waals surface area contributed by atoms with Crippen molar-refractivity contribution in [2.45, 2.75) is 17.9 Å². The van der Waals surface area contributed by atoms with E-state index in [0.29, 0.717) is 0 Å². The van der Waals surface area contributed by atoms with E-state index < -0.39 is 9.84 Å². The summed E-state index contributed by atoms with van der Waals surface area (Å²) in [6.07, 6.45) is 2.61. The molecule has 0 bridgehead atoms. The third-order valence-corrected chi connectivity index (χ3v) is 4.16. The Labute approximate surface area is 112 Å². The average Bonchev–Trinajstić information content (AvgIpc) is 2.38. The highest BCUT2D eigenvalue weighted by molar-refractivity contribution is 7.90. The first-order valence-electron chi connectivity index (χ1n) is 5.87. The minimum absolute atomic E-state index is 0.0500. The molecular formula is C14H15NO3S. The van der Waals surface area contributed by atoms with Gasteiger partial charge in [0.1, 0.15) is 0 Å². The van der Waals surface area contributed by atoms with E-state index in [-0.39, 0.29) is 16.5 Å². The van der Waals surface area contributed by atoms with Gasteiger partial charge in [-0.25, -0.2) is 8.42 Å². The Bertz CT molecular complexity index is 733. The molecule has 0 aliphatic heterocycles. The van der Waals surface area contributed by atoms with Crippen molar-refractivity contribution >= 4 is 9.84 Å². The second kappa shape index (κ2) is 5.01. The van der Waals surface area contributed by atoms with Crippen LogP contribution >= 0.6 is 0 Å². The quantitative estimate of drug-likeness (QED) is 0.860. The van der Waals surface area contributed by atoms with Crippen LogP contribution in [0.25, 0.3) is 0 Å². The van der Waals surface area contributed by atoms with Crippen LogP contribution in [-0.4, -0.2) is 19.2 Å². The number of hydrogen-bond acceptors (Lipinski definition) is 3. The van der Waals surface area contributed by atoms with Crippen molar-refractivity contribution in [1.29, 1.82) is 0 Å². The van der Waals surface area contributed by atoms with Crippen molar-refractivity contribution in [3.05, 3.63) is 64.6 Å². The number of benzene rings is 1. The van der Waals surface area contributed by atoms with Crippen LogP contribution in [0.1, 0.15) is 18.5 Å². The summed E-state index contributed by atoms with van der Waals surface area (Å²) in [5.41, 5.74) is 0.677. The number of rotatable bonds is 3. The predicted octanol–water partition coefficient (Wildman–Crippen LogP) is 1.86. The maximum Gasteiger partial charge on any atom is 0.252 e. The summed E-state index contributed by atoms with van der Waals surface area (Å²) in [6, 6.07) is 12.1. The zero-order chi connectivity index (χ0) is 14.0. The van der Waals surface area contributed by atoms with Gasteiger partial charge in [-0.05, 0) is 18.6 Å². The number of hydrogen-bond donors (Lipinski definition) is 0. The van der Waals surface area contributed by atoms with Crippen LogP contribution in [0.3, 0.4) is 0 Å². The monoisotopic (exact) mass is 277 g/mol. The third-order valence-electron chi connectivity index (χ3n) is 3.05. The first-order valence-corrected chi connectivity index (χ1v) is 7.76. The fraction of sp³-hybridized carbons (Fsp3) is 0.214. The molecule has 0 saturated carbocycles. The first kappa shape index (κ1) is 13.5. The summed E-state index contributed by atoms with van der Waals surface area (Å²) < 4.78 is 24.3. The Balaban J connectivity index is 2.46.